The number of ether oxygens (including phenoxy) is 1. The Bertz CT molecular complexity index is 681. The van der Waals surface area contributed by atoms with Crippen LogP contribution in [0.3, 0.4) is 0 Å². The summed E-state index contributed by atoms with van der Waals surface area (Å²) in [5.41, 5.74) is 0.979. The van der Waals surface area contributed by atoms with Crippen LogP contribution in [-0.4, -0.2) is 12.5 Å². The van der Waals surface area contributed by atoms with Crippen LogP contribution in [0.15, 0.2) is 46.9 Å². The van der Waals surface area contributed by atoms with E-state index in [1.165, 1.54) is 18.2 Å². The highest BCUT2D eigenvalue weighted by atomic mass is 79.9. The molecule has 0 aromatic heterocycles. The van der Waals surface area contributed by atoms with Crippen LogP contribution in [0.5, 0.6) is 5.75 Å². The molecule has 1 amide bonds. The Morgan fingerprint density at radius 3 is 2.82 bits per heavy atom. The minimum atomic E-state index is -0.526. The maximum atomic E-state index is 13.0. The van der Waals surface area contributed by atoms with Crippen LogP contribution in [-0.2, 0) is 4.79 Å². The van der Waals surface area contributed by atoms with E-state index in [0.717, 1.165) is 10.0 Å². The van der Waals surface area contributed by atoms with E-state index in [-0.39, 0.29) is 23.6 Å². The number of nitrogens with one attached hydrogen (secondary N) is 1. The third-order valence-corrected chi connectivity index (χ3v) is 3.77. The first kappa shape index (κ1) is 16.8. The zero-order valence-corrected chi connectivity index (χ0v) is 14.1. The van der Waals surface area contributed by atoms with Gasteiger partial charge >= 0.3 is 0 Å². The molecule has 1 N–H and O–H groups in total. The van der Waals surface area contributed by atoms with E-state index in [9.17, 15) is 9.18 Å². The topological polar surface area (TPSA) is 38.3 Å². The Morgan fingerprint density at radius 2 is 2.14 bits per heavy atom. The lowest BCUT2D eigenvalue weighted by Gasteiger charge is -2.15. The number of carbonyl (C=O) groups is 1. The van der Waals surface area contributed by atoms with Gasteiger partial charge in [0.25, 0.3) is 5.91 Å². The fourth-order valence-corrected chi connectivity index (χ4v) is 2.45. The highest BCUT2D eigenvalue weighted by molar-refractivity contribution is 9.10. The van der Waals surface area contributed by atoms with E-state index in [0.29, 0.717) is 5.75 Å². The monoisotopic (exact) mass is 385 g/mol. The summed E-state index contributed by atoms with van der Waals surface area (Å²) >= 11 is 9.04. The molecule has 2 aromatic rings. The number of benzene rings is 2. The van der Waals surface area contributed by atoms with Gasteiger partial charge < -0.3 is 10.1 Å². The van der Waals surface area contributed by atoms with E-state index >= 15 is 0 Å². The summed E-state index contributed by atoms with van der Waals surface area (Å²) in [6.45, 7) is 1.72. The van der Waals surface area contributed by atoms with E-state index in [2.05, 4.69) is 21.2 Å². The highest BCUT2D eigenvalue weighted by Crippen LogP contribution is 2.21. The van der Waals surface area contributed by atoms with Crippen molar-refractivity contribution in [2.75, 3.05) is 6.61 Å². The first-order chi connectivity index (χ1) is 10.5. The van der Waals surface area contributed by atoms with Crippen molar-refractivity contribution in [1.29, 1.82) is 0 Å². The van der Waals surface area contributed by atoms with Gasteiger partial charge in [-0.05, 0) is 36.8 Å². The van der Waals surface area contributed by atoms with Crippen LogP contribution < -0.4 is 10.1 Å². The lowest BCUT2D eigenvalue weighted by Crippen LogP contribution is -2.31. The molecule has 6 heteroatoms. The molecule has 2 rings (SSSR count). The van der Waals surface area contributed by atoms with Gasteiger partial charge in [0.2, 0.25) is 0 Å². The molecule has 0 bridgehead atoms. The molecule has 0 fully saturated rings. The van der Waals surface area contributed by atoms with Crippen LogP contribution in [0.1, 0.15) is 18.5 Å². The van der Waals surface area contributed by atoms with Crippen molar-refractivity contribution >= 4 is 33.4 Å². The number of carbonyl (C=O) groups excluding carboxylic acids is 1. The first-order valence-electron chi connectivity index (χ1n) is 6.58. The lowest BCUT2D eigenvalue weighted by molar-refractivity contribution is -0.123. The molecule has 0 spiro atoms. The Hall–Kier alpha value is -1.59. The maximum absolute atomic E-state index is 13.0. The molecule has 0 heterocycles. The predicted molar refractivity (Wildman–Crippen MR) is 87.6 cm³/mol. The van der Waals surface area contributed by atoms with Gasteiger partial charge in [0.1, 0.15) is 11.6 Å². The molecule has 0 aliphatic carbocycles. The molecule has 116 valence electrons. The summed E-state index contributed by atoms with van der Waals surface area (Å²) in [5.74, 6) is -0.452. The summed E-state index contributed by atoms with van der Waals surface area (Å²) in [6, 6.07) is 11.5. The van der Waals surface area contributed by atoms with Crippen molar-refractivity contribution in [3.05, 3.63) is 63.3 Å². The minimum absolute atomic E-state index is 0.0413. The molecule has 2 aromatic carbocycles. The van der Waals surface area contributed by atoms with Crippen molar-refractivity contribution < 1.29 is 13.9 Å². The lowest BCUT2D eigenvalue weighted by atomic mass is 10.1. The normalized spacial score (nSPS) is 11.8. The van der Waals surface area contributed by atoms with Crippen LogP contribution >= 0.6 is 27.5 Å². The summed E-state index contributed by atoms with van der Waals surface area (Å²) < 4.78 is 19.3. The van der Waals surface area contributed by atoms with Crippen LogP contribution in [0.4, 0.5) is 4.39 Å². The second kappa shape index (κ2) is 7.61. The maximum Gasteiger partial charge on any atom is 0.258 e. The molecule has 0 saturated carbocycles. The Kier molecular flexibility index (Phi) is 5.80. The summed E-state index contributed by atoms with van der Waals surface area (Å²) in [6.07, 6.45) is 0. The Balaban J connectivity index is 1.88. The van der Waals surface area contributed by atoms with Crippen LogP contribution in [0.25, 0.3) is 0 Å². The number of hydrogen-bond donors (Lipinski definition) is 1. The molecular formula is C16H14BrClFNO2. The van der Waals surface area contributed by atoms with Gasteiger partial charge in [0, 0.05) is 10.5 Å². The molecule has 0 aliphatic rings. The van der Waals surface area contributed by atoms with Gasteiger partial charge in [-0.25, -0.2) is 4.39 Å². The number of rotatable bonds is 5. The average molecular weight is 387 g/mol. The van der Waals surface area contributed by atoms with Gasteiger partial charge in [0.15, 0.2) is 6.61 Å². The van der Waals surface area contributed by atoms with Gasteiger partial charge in [-0.3, -0.25) is 4.79 Å². The molecule has 3 nitrogen and oxygen atoms in total. The van der Waals surface area contributed by atoms with Crippen LogP contribution in [0.2, 0.25) is 5.02 Å². The van der Waals surface area contributed by atoms with Gasteiger partial charge in [-0.1, -0.05) is 39.7 Å². The Morgan fingerprint density at radius 1 is 1.36 bits per heavy atom. The molecule has 0 radical (unpaired) electrons. The molecular weight excluding hydrogens is 373 g/mol. The second-order valence-electron chi connectivity index (χ2n) is 4.71. The minimum Gasteiger partial charge on any atom is -0.484 e. The standard InChI is InChI=1S/C16H14BrClFNO2/c1-10(11-3-2-4-12(17)7-11)20-16(21)9-22-13-5-6-15(19)14(18)8-13/h2-8,10H,9H2,1H3,(H,20,21). The van der Waals surface area contributed by atoms with Crippen molar-refractivity contribution in [1.82, 2.24) is 5.32 Å². The second-order valence-corrected chi connectivity index (χ2v) is 6.03. The quantitative estimate of drug-likeness (QED) is 0.822. The molecule has 0 aliphatic heterocycles. The van der Waals surface area contributed by atoms with Gasteiger partial charge in [0.05, 0.1) is 11.1 Å². The van der Waals surface area contributed by atoms with Crippen molar-refractivity contribution in [2.24, 2.45) is 0 Å². The number of halogens is 3. The molecule has 1 unspecified atom stereocenters. The highest BCUT2D eigenvalue weighted by Gasteiger charge is 2.11. The van der Waals surface area contributed by atoms with Crippen LogP contribution in [0, 0.1) is 5.82 Å². The summed E-state index contributed by atoms with van der Waals surface area (Å²) in [7, 11) is 0. The SMILES string of the molecule is CC(NC(=O)COc1ccc(F)c(Cl)c1)c1cccc(Br)c1. The van der Waals surface area contributed by atoms with Gasteiger partial charge in [-0.2, -0.15) is 0 Å². The fraction of sp³-hybridized carbons (Fsp3) is 0.188. The largest absolute Gasteiger partial charge is 0.484 e. The third-order valence-electron chi connectivity index (χ3n) is 2.99. The van der Waals surface area contributed by atoms with E-state index < -0.39 is 5.82 Å². The van der Waals surface area contributed by atoms with E-state index in [1.54, 1.807) is 0 Å². The zero-order chi connectivity index (χ0) is 16.1. The Labute approximate surface area is 141 Å². The first-order valence-corrected chi connectivity index (χ1v) is 7.75. The van der Waals surface area contributed by atoms with E-state index in [1.807, 2.05) is 31.2 Å². The van der Waals surface area contributed by atoms with Crippen molar-refractivity contribution in [3.63, 3.8) is 0 Å². The summed E-state index contributed by atoms with van der Waals surface area (Å²) in [5, 5.41) is 2.79. The molecule has 0 saturated heterocycles. The van der Waals surface area contributed by atoms with Crippen molar-refractivity contribution in [2.45, 2.75) is 13.0 Å². The van der Waals surface area contributed by atoms with E-state index in [4.69, 9.17) is 16.3 Å². The number of hydrogen-bond acceptors (Lipinski definition) is 2. The fourth-order valence-electron chi connectivity index (χ4n) is 1.86. The molecule has 1 atom stereocenters. The zero-order valence-electron chi connectivity index (χ0n) is 11.8. The summed E-state index contributed by atoms with van der Waals surface area (Å²) in [4.78, 5) is 11.9. The third kappa shape index (κ3) is 4.71. The van der Waals surface area contributed by atoms with Crippen molar-refractivity contribution in [3.8, 4) is 5.75 Å². The molecule has 22 heavy (non-hydrogen) atoms. The van der Waals surface area contributed by atoms with Gasteiger partial charge in [-0.15, -0.1) is 0 Å². The average Bonchev–Trinajstić information content (AvgIpc) is 2.48. The number of amides is 1. The smallest absolute Gasteiger partial charge is 0.258 e. The predicted octanol–water partition coefficient (Wildman–Crippen LogP) is 4.50.